The molecular weight excluding hydrogens is 323 g/mol. The van der Waals surface area contributed by atoms with E-state index in [-0.39, 0.29) is 24.2 Å². The molecule has 0 aliphatic heterocycles. The number of methoxy groups -OCH3 is 1. The molecule has 1 unspecified atom stereocenters. The van der Waals surface area contributed by atoms with Crippen molar-refractivity contribution in [3.05, 3.63) is 41.7 Å². The predicted octanol–water partition coefficient (Wildman–Crippen LogP) is 2.09. The van der Waals surface area contributed by atoms with Gasteiger partial charge in [-0.25, -0.2) is 9.38 Å². The summed E-state index contributed by atoms with van der Waals surface area (Å²) in [6.07, 6.45) is 0. The van der Waals surface area contributed by atoms with Gasteiger partial charge in [0, 0.05) is 20.6 Å². The van der Waals surface area contributed by atoms with E-state index >= 15 is 0 Å². The average molecular weight is 350 g/mol. The van der Waals surface area contributed by atoms with Crippen LogP contribution in [0.3, 0.4) is 0 Å². The van der Waals surface area contributed by atoms with Crippen LogP contribution >= 0.6 is 0 Å². The van der Waals surface area contributed by atoms with E-state index in [4.69, 9.17) is 4.74 Å². The summed E-state index contributed by atoms with van der Waals surface area (Å²) in [4.78, 5) is 17.5. The van der Waals surface area contributed by atoms with Crippen LogP contribution in [-0.4, -0.2) is 51.1 Å². The van der Waals surface area contributed by atoms with E-state index in [0.717, 1.165) is 11.1 Å². The van der Waals surface area contributed by atoms with Gasteiger partial charge in [-0.15, -0.1) is 0 Å². The highest BCUT2D eigenvalue weighted by Gasteiger charge is 2.12. The maximum absolute atomic E-state index is 13.9. The fourth-order valence-electron chi connectivity index (χ4n) is 1.92. The van der Waals surface area contributed by atoms with Crippen molar-refractivity contribution in [2.24, 2.45) is 4.99 Å². The van der Waals surface area contributed by atoms with Gasteiger partial charge in [0.1, 0.15) is 6.54 Å². The van der Waals surface area contributed by atoms with Crippen molar-refractivity contribution in [3.63, 3.8) is 0 Å². The summed E-state index contributed by atoms with van der Waals surface area (Å²) in [5.74, 6) is 0.119. The van der Waals surface area contributed by atoms with Gasteiger partial charge in [0.05, 0.1) is 13.2 Å². The van der Waals surface area contributed by atoms with Crippen LogP contribution in [0.25, 0.3) is 0 Å². The van der Waals surface area contributed by atoms with Crippen LogP contribution in [0, 0.1) is 5.82 Å². The number of aliphatic imine (C=N–C) groups is 1. The molecule has 6 nitrogen and oxygen atoms in total. The van der Waals surface area contributed by atoms with Crippen LogP contribution in [-0.2, 0) is 4.79 Å². The third-order valence-electron chi connectivity index (χ3n) is 3.46. The predicted molar refractivity (Wildman–Crippen MR) is 98.3 cm³/mol. The quantitative estimate of drug-likeness (QED) is 0.449. The molecular formula is C18H27FN4O2. The van der Waals surface area contributed by atoms with Gasteiger partial charge in [-0.1, -0.05) is 18.2 Å². The minimum atomic E-state index is -0.426. The summed E-state index contributed by atoms with van der Waals surface area (Å²) >= 11 is 0. The number of rotatable bonds is 7. The number of nitrogens with zero attached hydrogens (tertiary/aromatic N) is 2. The maximum atomic E-state index is 13.9. The van der Waals surface area contributed by atoms with Crippen LogP contribution in [0.2, 0.25) is 0 Å². The molecule has 0 saturated heterocycles. The number of carbonyl (C=O) groups is 1. The first-order chi connectivity index (χ1) is 11.7. The Labute approximate surface area is 148 Å². The molecule has 0 fully saturated rings. The SMILES string of the molecule is C=C(C)CNC(=NCC(=O)N(C)C)NC(C)c1ccc(OC)c(F)c1. The van der Waals surface area contributed by atoms with Gasteiger partial charge in [0.15, 0.2) is 17.5 Å². The summed E-state index contributed by atoms with van der Waals surface area (Å²) in [6.45, 7) is 8.14. The second-order valence-corrected chi connectivity index (χ2v) is 6.02. The first-order valence-electron chi connectivity index (χ1n) is 7.97. The minimum Gasteiger partial charge on any atom is -0.494 e. The molecule has 1 atom stereocenters. The van der Waals surface area contributed by atoms with Crippen molar-refractivity contribution in [2.75, 3.05) is 34.3 Å². The lowest BCUT2D eigenvalue weighted by molar-refractivity contribution is -0.127. The molecule has 0 bridgehead atoms. The summed E-state index contributed by atoms with van der Waals surface area (Å²) in [5.41, 5.74) is 1.67. The van der Waals surface area contributed by atoms with E-state index in [2.05, 4.69) is 22.2 Å². The maximum Gasteiger partial charge on any atom is 0.243 e. The molecule has 1 amide bonds. The van der Waals surface area contributed by atoms with Gasteiger partial charge in [-0.05, 0) is 31.5 Å². The summed E-state index contributed by atoms with van der Waals surface area (Å²) in [7, 11) is 4.78. The van der Waals surface area contributed by atoms with Crippen molar-refractivity contribution in [2.45, 2.75) is 19.9 Å². The van der Waals surface area contributed by atoms with Crippen molar-refractivity contribution < 1.29 is 13.9 Å². The second kappa shape index (κ2) is 9.66. The van der Waals surface area contributed by atoms with E-state index in [0.29, 0.717) is 12.5 Å². The molecule has 0 heterocycles. The Morgan fingerprint density at radius 1 is 1.44 bits per heavy atom. The molecule has 1 aromatic carbocycles. The van der Waals surface area contributed by atoms with Gasteiger partial charge in [0.25, 0.3) is 0 Å². The number of amides is 1. The van der Waals surface area contributed by atoms with Crippen LogP contribution in [0.1, 0.15) is 25.5 Å². The Morgan fingerprint density at radius 2 is 2.12 bits per heavy atom. The first kappa shape index (κ1) is 20.5. The van der Waals surface area contributed by atoms with Gasteiger partial charge in [0.2, 0.25) is 5.91 Å². The lowest BCUT2D eigenvalue weighted by Gasteiger charge is -2.19. The summed E-state index contributed by atoms with van der Waals surface area (Å²) < 4.78 is 18.8. The van der Waals surface area contributed by atoms with Crippen LogP contribution in [0.15, 0.2) is 35.3 Å². The van der Waals surface area contributed by atoms with Crippen molar-refractivity contribution in [1.29, 1.82) is 0 Å². The molecule has 25 heavy (non-hydrogen) atoms. The number of halogens is 1. The monoisotopic (exact) mass is 350 g/mol. The highest BCUT2D eigenvalue weighted by molar-refractivity contribution is 5.85. The Balaban J connectivity index is 2.87. The number of hydrogen-bond donors (Lipinski definition) is 2. The zero-order valence-corrected chi connectivity index (χ0v) is 15.5. The number of ether oxygens (including phenoxy) is 1. The van der Waals surface area contributed by atoms with Gasteiger partial charge in [-0.2, -0.15) is 0 Å². The number of nitrogens with one attached hydrogen (secondary N) is 2. The third-order valence-corrected chi connectivity index (χ3v) is 3.46. The van der Waals surface area contributed by atoms with E-state index < -0.39 is 5.82 Å². The molecule has 0 aromatic heterocycles. The lowest BCUT2D eigenvalue weighted by atomic mass is 10.1. The average Bonchev–Trinajstić information content (AvgIpc) is 2.56. The Bertz CT molecular complexity index is 644. The molecule has 1 rings (SSSR count). The van der Waals surface area contributed by atoms with E-state index in [9.17, 15) is 9.18 Å². The summed E-state index contributed by atoms with van der Waals surface area (Å²) in [5, 5.41) is 6.27. The van der Waals surface area contributed by atoms with Crippen LogP contribution in [0.4, 0.5) is 4.39 Å². The first-order valence-corrected chi connectivity index (χ1v) is 7.97. The third kappa shape index (κ3) is 6.82. The van der Waals surface area contributed by atoms with Crippen LogP contribution < -0.4 is 15.4 Å². The highest BCUT2D eigenvalue weighted by atomic mass is 19.1. The number of benzene rings is 1. The number of guanidine groups is 1. The molecule has 0 aliphatic carbocycles. The van der Waals surface area contributed by atoms with Crippen molar-refractivity contribution in [3.8, 4) is 5.75 Å². The molecule has 0 spiro atoms. The normalized spacial score (nSPS) is 12.3. The Hall–Kier alpha value is -2.57. The standard InChI is InChI=1S/C18H27FN4O2/c1-12(2)10-20-18(21-11-17(24)23(4)5)22-13(3)14-7-8-16(25-6)15(19)9-14/h7-9,13H,1,10-11H2,2-6H3,(H2,20,21,22). The van der Waals surface area contributed by atoms with Gasteiger partial charge >= 0.3 is 0 Å². The lowest BCUT2D eigenvalue weighted by Crippen LogP contribution is -2.40. The largest absolute Gasteiger partial charge is 0.494 e. The molecule has 0 aliphatic rings. The Morgan fingerprint density at radius 3 is 2.64 bits per heavy atom. The molecule has 7 heteroatoms. The number of hydrogen-bond acceptors (Lipinski definition) is 3. The molecule has 2 N–H and O–H groups in total. The minimum absolute atomic E-state index is 0.0161. The number of carbonyl (C=O) groups excluding carboxylic acids is 1. The topological polar surface area (TPSA) is 66.0 Å². The number of likely N-dealkylation sites (N-methyl/N-ethyl adjacent to an activating group) is 1. The van der Waals surface area contributed by atoms with E-state index in [1.165, 1.54) is 18.1 Å². The zero-order chi connectivity index (χ0) is 19.0. The molecule has 1 aromatic rings. The van der Waals surface area contributed by atoms with Gasteiger partial charge < -0.3 is 20.3 Å². The smallest absolute Gasteiger partial charge is 0.243 e. The molecule has 0 radical (unpaired) electrons. The highest BCUT2D eigenvalue weighted by Crippen LogP contribution is 2.21. The fourth-order valence-corrected chi connectivity index (χ4v) is 1.92. The zero-order valence-electron chi connectivity index (χ0n) is 15.5. The summed E-state index contributed by atoms with van der Waals surface area (Å²) in [6, 6.07) is 4.56. The molecule has 0 saturated carbocycles. The van der Waals surface area contributed by atoms with E-state index in [1.54, 1.807) is 26.2 Å². The second-order valence-electron chi connectivity index (χ2n) is 6.02. The Kier molecular flexibility index (Phi) is 7.91. The van der Waals surface area contributed by atoms with E-state index in [1.807, 2.05) is 13.8 Å². The van der Waals surface area contributed by atoms with Crippen molar-refractivity contribution >= 4 is 11.9 Å². The van der Waals surface area contributed by atoms with Gasteiger partial charge in [-0.3, -0.25) is 4.79 Å². The molecule has 138 valence electrons. The van der Waals surface area contributed by atoms with Crippen molar-refractivity contribution in [1.82, 2.24) is 15.5 Å². The van der Waals surface area contributed by atoms with Crippen LogP contribution in [0.5, 0.6) is 5.75 Å². The fraction of sp³-hybridized carbons (Fsp3) is 0.444.